The van der Waals surface area contributed by atoms with E-state index >= 15 is 0 Å². The monoisotopic (exact) mass is 600 g/mol. The number of hydrogen-bond donors (Lipinski definition) is 3. The van der Waals surface area contributed by atoms with Crippen LogP contribution < -0.4 is 16.1 Å². The molecule has 0 aliphatic rings. The molecule has 0 atom stereocenters. The molecule has 178 valence electrons. The molecule has 0 spiro atoms. The zero-order valence-corrected chi connectivity index (χ0v) is 21.8. The van der Waals surface area contributed by atoms with Crippen molar-refractivity contribution in [1.29, 1.82) is 0 Å². The lowest BCUT2D eigenvalue weighted by Gasteiger charge is -2.13. The summed E-state index contributed by atoms with van der Waals surface area (Å²) in [6.45, 7) is 3.91. The molecule has 0 aliphatic carbocycles. The normalized spacial score (nSPS) is 10.8. The minimum atomic E-state index is -1.09. The highest BCUT2D eigenvalue weighted by Crippen LogP contribution is 2.25. The van der Waals surface area contributed by atoms with Crippen LogP contribution in [0.3, 0.4) is 0 Å². The number of carbonyl (C=O) groups is 3. The fourth-order valence-electron chi connectivity index (χ4n) is 3.41. The van der Waals surface area contributed by atoms with Gasteiger partial charge >= 0.3 is 11.8 Å². The van der Waals surface area contributed by atoms with Crippen LogP contribution in [0.2, 0.25) is 0 Å². The number of halogens is 3. The van der Waals surface area contributed by atoms with Crippen LogP contribution in [-0.4, -0.2) is 22.4 Å². The Bertz CT molecular complexity index is 1500. The molecule has 0 bridgehead atoms. The van der Waals surface area contributed by atoms with Crippen molar-refractivity contribution >= 4 is 71.9 Å². The van der Waals surface area contributed by atoms with Crippen molar-refractivity contribution in [3.05, 3.63) is 92.2 Å². The highest BCUT2D eigenvalue weighted by Gasteiger charge is 2.22. The number of anilines is 2. The van der Waals surface area contributed by atoms with Gasteiger partial charge in [-0.25, -0.2) is 9.07 Å². The van der Waals surface area contributed by atoms with Crippen molar-refractivity contribution in [2.45, 2.75) is 13.8 Å². The van der Waals surface area contributed by atoms with Gasteiger partial charge < -0.3 is 10.6 Å². The van der Waals surface area contributed by atoms with Gasteiger partial charge in [0.1, 0.15) is 11.5 Å². The molecule has 3 N–H and O–H groups in total. The van der Waals surface area contributed by atoms with Crippen molar-refractivity contribution in [3.8, 4) is 0 Å². The van der Waals surface area contributed by atoms with Crippen LogP contribution in [0, 0.1) is 19.7 Å². The lowest BCUT2D eigenvalue weighted by atomic mass is 10.1. The molecule has 0 radical (unpaired) electrons. The molecule has 4 rings (SSSR count). The van der Waals surface area contributed by atoms with Crippen molar-refractivity contribution in [1.82, 2.24) is 4.68 Å². The first-order valence-electron chi connectivity index (χ1n) is 10.4. The van der Waals surface area contributed by atoms with Gasteiger partial charge in [0.05, 0.1) is 11.2 Å². The fraction of sp³-hybridized carbons (Fsp3) is 0.0800. The number of nitrogens with zero attached hydrogens (tertiary/aromatic N) is 1. The standard InChI is InChI=1S/C25H19Br2FN4O3/c1-13-3-6-18(9-14(13)2)29-23(33)22-11-15-10-16(26)5-8-21(15)32(22)31-25(35)24(34)30-20-7-4-17(27)12-19(20)28/h3-12H,1-2H3,(H,29,33)(H,30,34)(H,31,35). The van der Waals surface area contributed by atoms with Crippen LogP contribution >= 0.6 is 31.9 Å². The van der Waals surface area contributed by atoms with E-state index in [9.17, 15) is 18.8 Å². The summed E-state index contributed by atoms with van der Waals surface area (Å²) < 4.78 is 16.6. The number of nitrogens with one attached hydrogen (secondary N) is 3. The lowest BCUT2D eigenvalue weighted by molar-refractivity contribution is -0.133. The Labute approximate surface area is 216 Å². The zero-order valence-electron chi connectivity index (χ0n) is 18.6. The average molecular weight is 602 g/mol. The van der Waals surface area contributed by atoms with E-state index in [1.54, 1.807) is 30.3 Å². The third-order valence-electron chi connectivity index (χ3n) is 5.36. The topological polar surface area (TPSA) is 92.2 Å². The van der Waals surface area contributed by atoms with Crippen LogP contribution in [0.15, 0.2) is 69.6 Å². The number of hydrogen-bond acceptors (Lipinski definition) is 3. The lowest BCUT2D eigenvalue weighted by Crippen LogP contribution is -2.36. The maximum Gasteiger partial charge on any atom is 0.328 e. The number of rotatable bonds is 4. The van der Waals surface area contributed by atoms with Crippen LogP contribution in [0.5, 0.6) is 0 Å². The van der Waals surface area contributed by atoms with E-state index in [0.717, 1.165) is 15.6 Å². The predicted octanol–water partition coefficient (Wildman–Crippen LogP) is 5.88. The summed E-state index contributed by atoms with van der Waals surface area (Å²) >= 11 is 6.53. The first kappa shape index (κ1) is 24.6. The maximum atomic E-state index is 14.1. The molecule has 10 heteroatoms. The molecule has 3 amide bonds. The molecule has 35 heavy (non-hydrogen) atoms. The smallest absolute Gasteiger partial charge is 0.321 e. The maximum absolute atomic E-state index is 14.1. The van der Waals surface area contributed by atoms with Crippen molar-refractivity contribution in [3.63, 3.8) is 0 Å². The first-order chi connectivity index (χ1) is 16.6. The number of aryl methyl sites for hydroxylation is 2. The zero-order chi connectivity index (χ0) is 25.3. The molecule has 0 saturated carbocycles. The Morgan fingerprint density at radius 3 is 2.23 bits per heavy atom. The van der Waals surface area contributed by atoms with E-state index in [-0.39, 0.29) is 11.4 Å². The average Bonchev–Trinajstić information content (AvgIpc) is 3.15. The number of fused-ring (bicyclic) bond motifs is 1. The Kier molecular flexibility index (Phi) is 7.04. The SMILES string of the molecule is Cc1ccc(NC(=O)c2cc3cc(Br)ccc3n2NC(=O)C(=O)Nc2ccc(Br)cc2F)cc1C. The van der Waals surface area contributed by atoms with Gasteiger partial charge in [-0.05, 0) is 79.6 Å². The van der Waals surface area contributed by atoms with Gasteiger partial charge in [-0.15, -0.1) is 0 Å². The molecule has 4 aromatic rings. The van der Waals surface area contributed by atoms with Crippen LogP contribution in [-0.2, 0) is 9.59 Å². The molecule has 0 unspecified atom stereocenters. The number of carbonyl (C=O) groups excluding carboxylic acids is 3. The first-order valence-corrected chi connectivity index (χ1v) is 12.0. The summed E-state index contributed by atoms with van der Waals surface area (Å²) in [6.07, 6.45) is 0. The second kappa shape index (κ2) is 10.0. The molecule has 1 heterocycles. The molecule has 0 saturated heterocycles. The molecule has 0 aliphatic heterocycles. The van der Waals surface area contributed by atoms with Crippen LogP contribution in [0.1, 0.15) is 21.6 Å². The fourth-order valence-corrected chi connectivity index (χ4v) is 4.12. The number of benzene rings is 3. The van der Waals surface area contributed by atoms with E-state index in [4.69, 9.17) is 0 Å². The molecule has 1 aromatic heterocycles. The highest BCUT2D eigenvalue weighted by atomic mass is 79.9. The van der Waals surface area contributed by atoms with E-state index in [1.165, 1.54) is 22.9 Å². The Hall–Kier alpha value is -3.50. The molecule has 3 aromatic carbocycles. The van der Waals surface area contributed by atoms with Gasteiger partial charge in [-0.1, -0.05) is 37.9 Å². The molecule has 0 fully saturated rings. The van der Waals surface area contributed by atoms with Crippen molar-refractivity contribution < 1.29 is 18.8 Å². The molecular formula is C25H19Br2FN4O3. The van der Waals surface area contributed by atoms with Gasteiger partial charge in [-0.3, -0.25) is 19.8 Å². The highest BCUT2D eigenvalue weighted by molar-refractivity contribution is 9.10. The summed E-state index contributed by atoms with van der Waals surface area (Å²) in [5.74, 6) is -3.36. The predicted molar refractivity (Wildman–Crippen MR) is 141 cm³/mol. The number of amides is 3. The summed E-state index contributed by atoms with van der Waals surface area (Å²) in [5, 5.41) is 5.72. The largest absolute Gasteiger partial charge is 0.328 e. The summed E-state index contributed by atoms with van der Waals surface area (Å²) in [7, 11) is 0. The second-order valence-corrected chi connectivity index (χ2v) is 9.67. The van der Waals surface area contributed by atoms with E-state index in [1.807, 2.05) is 26.0 Å². The van der Waals surface area contributed by atoms with Gasteiger partial charge in [0.15, 0.2) is 0 Å². The van der Waals surface area contributed by atoms with Crippen LogP contribution in [0.4, 0.5) is 15.8 Å². The van der Waals surface area contributed by atoms with Gasteiger partial charge in [-0.2, -0.15) is 0 Å². The third kappa shape index (κ3) is 5.44. The minimum absolute atomic E-state index is 0.104. The molecular weight excluding hydrogens is 583 g/mol. The van der Waals surface area contributed by atoms with E-state index in [0.29, 0.717) is 21.1 Å². The second-order valence-electron chi connectivity index (χ2n) is 7.84. The van der Waals surface area contributed by atoms with Gasteiger partial charge in [0.25, 0.3) is 5.91 Å². The summed E-state index contributed by atoms with van der Waals surface area (Å²) in [6, 6.07) is 16.4. The van der Waals surface area contributed by atoms with Crippen molar-refractivity contribution in [2.75, 3.05) is 16.1 Å². The minimum Gasteiger partial charge on any atom is -0.321 e. The quantitative estimate of drug-likeness (QED) is 0.255. The molecule has 7 nitrogen and oxygen atoms in total. The summed E-state index contributed by atoms with van der Waals surface area (Å²) in [4.78, 5) is 38.3. The van der Waals surface area contributed by atoms with Gasteiger partial charge in [0.2, 0.25) is 0 Å². The van der Waals surface area contributed by atoms with E-state index < -0.39 is 23.5 Å². The Morgan fingerprint density at radius 2 is 1.51 bits per heavy atom. The Balaban J connectivity index is 1.63. The van der Waals surface area contributed by atoms with Crippen LogP contribution in [0.25, 0.3) is 10.9 Å². The summed E-state index contributed by atoms with van der Waals surface area (Å²) in [5.41, 5.74) is 5.58. The number of aromatic nitrogens is 1. The Morgan fingerprint density at radius 1 is 0.800 bits per heavy atom. The van der Waals surface area contributed by atoms with Gasteiger partial charge in [0, 0.05) is 20.0 Å². The van der Waals surface area contributed by atoms with Crippen molar-refractivity contribution in [2.24, 2.45) is 0 Å². The van der Waals surface area contributed by atoms with E-state index in [2.05, 4.69) is 47.9 Å². The third-order valence-corrected chi connectivity index (χ3v) is 6.35.